The first-order valence-corrected chi connectivity index (χ1v) is 10.7. The third-order valence-electron chi connectivity index (χ3n) is 6.28. The van der Waals surface area contributed by atoms with Crippen LogP contribution in [0, 0.1) is 13.8 Å². The number of aromatic nitrogens is 2. The molecule has 3 heterocycles. The SMILES string of the molecule is Cc1nc(CN2CCCN(C(=O)CCN3CCCCCC3=O)CC2)n(C)c1C. The molecular weight excluding hydrogens is 354 g/mol. The Morgan fingerprint density at radius 1 is 1.00 bits per heavy atom. The minimum atomic E-state index is 0.183. The molecule has 156 valence electrons. The third kappa shape index (κ3) is 5.13. The van der Waals surface area contributed by atoms with Crippen LogP contribution >= 0.6 is 0 Å². The molecule has 0 unspecified atom stereocenters. The standard InChI is InChI=1S/C21H35N5O2/c1-17-18(2)23(3)19(22-17)16-24-10-7-12-26(15-14-24)21(28)9-13-25-11-6-4-5-8-20(25)27/h4-16H2,1-3H3. The van der Waals surface area contributed by atoms with Crippen molar-refractivity contribution in [2.75, 3.05) is 39.3 Å². The van der Waals surface area contributed by atoms with Crippen LogP contribution in [0.1, 0.15) is 55.7 Å². The summed E-state index contributed by atoms with van der Waals surface area (Å²) in [5.41, 5.74) is 2.30. The summed E-state index contributed by atoms with van der Waals surface area (Å²) in [4.78, 5) is 35.8. The second-order valence-electron chi connectivity index (χ2n) is 8.21. The molecule has 3 rings (SSSR count). The lowest BCUT2D eigenvalue weighted by atomic mass is 10.2. The van der Waals surface area contributed by atoms with Crippen LogP contribution in [0.15, 0.2) is 0 Å². The topological polar surface area (TPSA) is 61.7 Å². The van der Waals surface area contributed by atoms with Gasteiger partial charge in [-0.05, 0) is 33.1 Å². The van der Waals surface area contributed by atoms with E-state index in [4.69, 9.17) is 0 Å². The van der Waals surface area contributed by atoms with Crippen LogP contribution in [0.4, 0.5) is 0 Å². The average molecular weight is 390 g/mol. The summed E-state index contributed by atoms with van der Waals surface area (Å²) < 4.78 is 2.17. The van der Waals surface area contributed by atoms with Gasteiger partial charge >= 0.3 is 0 Å². The van der Waals surface area contributed by atoms with E-state index in [0.717, 1.165) is 76.5 Å². The molecule has 0 radical (unpaired) electrons. The first-order valence-electron chi connectivity index (χ1n) is 10.7. The number of aryl methyl sites for hydroxylation is 1. The molecule has 1 aromatic heterocycles. The maximum atomic E-state index is 12.7. The lowest BCUT2D eigenvalue weighted by Crippen LogP contribution is -2.38. The summed E-state index contributed by atoms with van der Waals surface area (Å²) >= 11 is 0. The van der Waals surface area contributed by atoms with Crippen LogP contribution in [-0.2, 0) is 23.2 Å². The number of amides is 2. The lowest BCUT2D eigenvalue weighted by Gasteiger charge is -2.24. The van der Waals surface area contributed by atoms with Crippen LogP contribution in [0.3, 0.4) is 0 Å². The highest BCUT2D eigenvalue weighted by atomic mass is 16.2. The fourth-order valence-corrected chi connectivity index (χ4v) is 4.17. The zero-order valence-corrected chi connectivity index (χ0v) is 17.7. The van der Waals surface area contributed by atoms with Gasteiger partial charge in [0.15, 0.2) is 0 Å². The summed E-state index contributed by atoms with van der Waals surface area (Å²) in [6, 6.07) is 0. The number of carbonyl (C=O) groups excluding carboxylic acids is 2. The first kappa shape index (κ1) is 20.8. The maximum absolute atomic E-state index is 12.7. The van der Waals surface area contributed by atoms with Crippen LogP contribution in [-0.4, -0.2) is 75.3 Å². The van der Waals surface area contributed by atoms with E-state index >= 15 is 0 Å². The van der Waals surface area contributed by atoms with Crippen molar-refractivity contribution in [2.45, 2.75) is 58.9 Å². The van der Waals surface area contributed by atoms with E-state index in [1.54, 1.807) is 0 Å². The Balaban J connectivity index is 1.48. The predicted molar refractivity (Wildman–Crippen MR) is 109 cm³/mol. The van der Waals surface area contributed by atoms with E-state index in [9.17, 15) is 9.59 Å². The van der Waals surface area contributed by atoms with Gasteiger partial charge in [-0.2, -0.15) is 0 Å². The molecule has 0 aromatic carbocycles. The molecule has 2 amide bonds. The third-order valence-corrected chi connectivity index (χ3v) is 6.28. The number of nitrogens with zero attached hydrogens (tertiary/aromatic N) is 5. The molecule has 0 bridgehead atoms. The van der Waals surface area contributed by atoms with Crippen molar-refractivity contribution < 1.29 is 9.59 Å². The summed E-state index contributed by atoms with van der Waals surface area (Å²) in [7, 11) is 2.07. The lowest BCUT2D eigenvalue weighted by molar-refractivity contribution is -0.134. The highest BCUT2D eigenvalue weighted by Crippen LogP contribution is 2.14. The quantitative estimate of drug-likeness (QED) is 0.771. The van der Waals surface area contributed by atoms with Crippen molar-refractivity contribution in [3.05, 3.63) is 17.2 Å². The van der Waals surface area contributed by atoms with Gasteiger partial charge in [-0.25, -0.2) is 4.98 Å². The van der Waals surface area contributed by atoms with E-state index < -0.39 is 0 Å². The van der Waals surface area contributed by atoms with Gasteiger partial charge in [0.25, 0.3) is 0 Å². The molecule has 2 aliphatic heterocycles. The average Bonchev–Trinajstić information content (AvgIpc) is 2.93. The van der Waals surface area contributed by atoms with E-state index in [-0.39, 0.29) is 11.8 Å². The van der Waals surface area contributed by atoms with Crippen molar-refractivity contribution in [2.24, 2.45) is 7.05 Å². The van der Waals surface area contributed by atoms with Gasteiger partial charge in [0.2, 0.25) is 11.8 Å². The minimum absolute atomic E-state index is 0.183. The van der Waals surface area contributed by atoms with Crippen molar-refractivity contribution in [1.82, 2.24) is 24.3 Å². The summed E-state index contributed by atoms with van der Waals surface area (Å²) in [5, 5.41) is 0. The van der Waals surface area contributed by atoms with Crippen LogP contribution in [0.2, 0.25) is 0 Å². The number of likely N-dealkylation sites (tertiary alicyclic amines) is 1. The molecular formula is C21H35N5O2. The van der Waals surface area contributed by atoms with Gasteiger partial charge in [0.05, 0.1) is 12.2 Å². The molecule has 0 spiro atoms. The molecule has 2 aliphatic rings. The fraction of sp³-hybridized carbons (Fsp3) is 0.762. The summed E-state index contributed by atoms with van der Waals surface area (Å²) in [5.74, 6) is 1.49. The number of imidazole rings is 1. The monoisotopic (exact) mass is 389 g/mol. The van der Waals surface area contributed by atoms with Crippen LogP contribution in [0.5, 0.6) is 0 Å². The molecule has 0 saturated carbocycles. The van der Waals surface area contributed by atoms with E-state index in [2.05, 4.69) is 35.3 Å². The maximum Gasteiger partial charge on any atom is 0.224 e. The number of rotatable bonds is 5. The number of hydrogen-bond donors (Lipinski definition) is 0. The highest BCUT2D eigenvalue weighted by molar-refractivity contribution is 5.79. The smallest absolute Gasteiger partial charge is 0.224 e. The summed E-state index contributed by atoms with van der Waals surface area (Å²) in [6.45, 7) is 9.79. The van der Waals surface area contributed by atoms with Gasteiger partial charge in [0.1, 0.15) is 5.82 Å². The van der Waals surface area contributed by atoms with Gasteiger partial charge in [-0.3, -0.25) is 14.5 Å². The van der Waals surface area contributed by atoms with Gasteiger partial charge in [-0.15, -0.1) is 0 Å². The molecule has 2 fully saturated rings. The molecule has 28 heavy (non-hydrogen) atoms. The highest BCUT2D eigenvalue weighted by Gasteiger charge is 2.22. The Labute approximate surface area is 168 Å². The van der Waals surface area contributed by atoms with E-state index in [1.807, 2.05) is 9.80 Å². The molecule has 0 atom stereocenters. The second-order valence-corrected chi connectivity index (χ2v) is 8.21. The molecule has 0 aliphatic carbocycles. The van der Waals surface area contributed by atoms with Crippen molar-refractivity contribution >= 4 is 11.8 Å². The second kappa shape index (κ2) is 9.54. The number of carbonyl (C=O) groups is 2. The van der Waals surface area contributed by atoms with Gasteiger partial charge in [0, 0.05) is 64.9 Å². The normalized spacial score (nSPS) is 19.6. The van der Waals surface area contributed by atoms with E-state index in [0.29, 0.717) is 19.4 Å². The fourth-order valence-electron chi connectivity index (χ4n) is 4.17. The summed E-state index contributed by atoms with van der Waals surface area (Å²) in [6.07, 6.45) is 5.23. The molecule has 7 nitrogen and oxygen atoms in total. The Morgan fingerprint density at radius 2 is 1.82 bits per heavy atom. The minimum Gasteiger partial charge on any atom is -0.342 e. The first-order chi connectivity index (χ1) is 13.5. The predicted octanol–water partition coefficient (Wildman–Crippen LogP) is 1.86. The largest absolute Gasteiger partial charge is 0.342 e. The van der Waals surface area contributed by atoms with Crippen LogP contribution in [0.25, 0.3) is 0 Å². The van der Waals surface area contributed by atoms with E-state index in [1.165, 1.54) is 5.69 Å². The number of hydrogen-bond acceptors (Lipinski definition) is 4. The van der Waals surface area contributed by atoms with Crippen molar-refractivity contribution in [3.63, 3.8) is 0 Å². The van der Waals surface area contributed by atoms with Crippen molar-refractivity contribution in [1.29, 1.82) is 0 Å². The Kier molecular flexibility index (Phi) is 7.10. The Morgan fingerprint density at radius 3 is 2.57 bits per heavy atom. The zero-order valence-electron chi connectivity index (χ0n) is 17.7. The van der Waals surface area contributed by atoms with Crippen molar-refractivity contribution in [3.8, 4) is 0 Å². The Hall–Kier alpha value is -1.89. The zero-order chi connectivity index (χ0) is 20.1. The Bertz CT molecular complexity index is 699. The molecule has 0 N–H and O–H groups in total. The molecule has 2 saturated heterocycles. The molecule has 1 aromatic rings. The molecule has 7 heteroatoms. The van der Waals surface area contributed by atoms with Gasteiger partial charge in [-0.1, -0.05) is 6.42 Å². The van der Waals surface area contributed by atoms with Crippen LogP contribution < -0.4 is 0 Å². The van der Waals surface area contributed by atoms with Gasteiger partial charge < -0.3 is 14.4 Å².